The quantitative estimate of drug-likeness (QED) is 0.676. The summed E-state index contributed by atoms with van der Waals surface area (Å²) in [5.41, 5.74) is 9.08. The van der Waals surface area contributed by atoms with Crippen molar-refractivity contribution in [2.45, 2.75) is 13.3 Å². The molecule has 3 nitrogen and oxygen atoms in total. The summed E-state index contributed by atoms with van der Waals surface area (Å²) in [7, 11) is 0. The Labute approximate surface area is 111 Å². The second-order valence-corrected chi connectivity index (χ2v) is 4.62. The van der Waals surface area contributed by atoms with Gasteiger partial charge in [-0.3, -0.25) is 9.59 Å². The van der Waals surface area contributed by atoms with Crippen LogP contribution in [0, 0.1) is 0 Å². The average molecular weight is 251 g/mol. The third-order valence-corrected chi connectivity index (χ3v) is 3.60. The summed E-state index contributed by atoms with van der Waals surface area (Å²) in [6.07, 6.45) is 0.738. The summed E-state index contributed by atoms with van der Waals surface area (Å²) >= 11 is 0. The predicted octanol–water partition coefficient (Wildman–Crippen LogP) is 2.61. The molecule has 0 saturated carbocycles. The second-order valence-electron chi connectivity index (χ2n) is 4.62. The van der Waals surface area contributed by atoms with Crippen molar-refractivity contribution in [3.8, 4) is 0 Å². The molecular formula is C16H13NO2. The molecule has 3 rings (SSSR count). The lowest BCUT2D eigenvalue weighted by Gasteiger charge is -2.20. The molecule has 0 unspecified atom stereocenters. The molecule has 0 spiro atoms. The second kappa shape index (κ2) is 4.05. The summed E-state index contributed by atoms with van der Waals surface area (Å²) in [5, 5.41) is 0. The van der Waals surface area contributed by atoms with E-state index in [-0.39, 0.29) is 11.6 Å². The number of fused-ring (bicyclic) bond motifs is 2. The van der Waals surface area contributed by atoms with Crippen molar-refractivity contribution in [3.63, 3.8) is 0 Å². The molecule has 94 valence electrons. The Morgan fingerprint density at radius 2 is 1.53 bits per heavy atom. The van der Waals surface area contributed by atoms with Crippen LogP contribution in [0.2, 0.25) is 0 Å². The summed E-state index contributed by atoms with van der Waals surface area (Å²) in [5.74, 6) is -0.280. The standard InChI is InChI=1S/C16H13NO2/c1-2-9-7-8-12-13(14(9)17)16(19)11-6-4-3-5-10(11)15(12)18/h3-8H,2,17H2,1H3. The van der Waals surface area contributed by atoms with Crippen LogP contribution in [0.15, 0.2) is 36.4 Å². The summed E-state index contributed by atoms with van der Waals surface area (Å²) < 4.78 is 0. The highest BCUT2D eigenvalue weighted by atomic mass is 16.1. The molecule has 19 heavy (non-hydrogen) atoms. The molecule has 1 aliphatic rings. The van der Waals surface area contributed by atoms with Crippen molar-refractivity contribution >= 4 is 17.3 Å². The first-order chi connectivity index (χ1) is 9.15. The van der Waals surface area contributed by atoms with E-state index in [4.69, 9.17) is 5.73 Å². The third-order valence-electron chi connectivity index (χ3n) is 3.60. The number of carbonyl (C=O) groups excluding carboxylic acids is 2. The van der Waals surface area contributed by atoms with Gasteiger partial charge in [-0.2, -0.15) is 0 Å². The third kappa shape index (κ3) is 1.51. The molecule has 1 aliphatic carbocycles. The molecule has 0 aliphatic heterocycles. The Bertz CT molecular complexity index is 717. The predicted molar refractivity (Wildman–Crippen MR) is 73.5 cm³/mol. The fourth-order valence-electron chi connectivity index (χ4n) is 2.56. The van der Waals surface area contributed by atoms with Crippen LogP contribution in [0.25, 0.3) is 0 Å². The fourth-order valence-corrected chi connectivity index (χ4v) is 2.56. The zero-order valence-electron chi connectivity index (χ0n) is 10.6. The first kappa shape index (κ1) is 11.7. The zero-order valence-corrected chi connectivity index (χ0v) is 10.6. The summed E-state index contributed by atoms with van der Waals surface area (Å²) in [6, 6.07) is 10.4. The molecule has 2 aromatic rings. The van der Waals surface area contributed by atoms with Crippen LogP contribution >= 0.6 is 0 Å². The molecule has 2 aromatic carbocycles. The van der Waals surface area contributed by atoms with Gasteiger partial charge in [0.15, 0.2) is 11.6 Å². The number of ketones is 2. The zero-order chi connectivity index (χ0) is 13.6. The van der Waals surface area contributed by atoms with Gasteiger partial charge in [0.2, 0.25) is 0 Å². The van der Waals surface area contributed by atoms with Gasteiger partial charge in [-0.25, -0.2) is 0 Å². The van der Waals surface area contributed by atoms with E-state index in [1.165, 1.54) is 0 Å². The van der Waals surface area contributed by atoms with E-state index >= 15 is 0 Å². The Hall–Kier alpha value is -2.42. The van der Waals surface area contributed by atoms with E-state index in [1.54, 1.807) is 30.3 Å². The molecule has 3 heteroatoms. The van der Waals surface area contributed by atoms with Crippen molar-refractivity contribution in [1.29, 1.82) is 0 Å². The number of anilines is 1. The highest BCUT2D eigenvalue weighted by Gasteiger charge is 2.31. The number of benzene rings is 2. The van der Waals surface area contributed by atoms with Crippen LogP contribution < -0.4 is 5.73 Å². The smallest absolute Gasteiger partial charge is 0.196 e. The maximum Gasteiger partial charge on any atom is 0.196 e. The van der Waals surface area contributed by atoms with E-state index in [0.29, 0.717) is 27.9 Å². The number of rotatable bonds is 1. The number of hydrogen-bond acceptors (Lipinski definition) is 3. The Morgan fingerprint density at radius 1 is 0.895 bits per heavy atom. The van der Waals surface area contributed by atoms with Crippen LogP contribution in [0.5, 0.6) is 0 Å². The van der Waals surface area contributed by atoms with E-state index in [9.17, 15) is 9.59 Å². The van der Waals surface area contributed by atoms with Crippen molar-refractivity contribution in [2.24, 2.45) is 0 Å². The molecule has 0 atom stereocenters. The first-order valence-electron chi connectivity index (χ1n) is 6.25. The van der Waals surface area contributed by atoms with Crippen LogP contribution in [-0.4, -0.2) is 11.6 Å². The number of aryl methyl sites for hydroxylation is 1. The monoisotopic (exact) mass is 251 g/mol. The van der Waals surface area contributed by atoms with Crippen LogP contribution in [0.1, 0.15) is 44.3 Å². The number of hydrogen-bond donors (Lipinski definition) is 1. The first-order valence-corrected chi connectivity index (χ1v) is 6.25. The van der Waals surface area contributed by atoms with Crippen LogP contribution in [0.3, 0.4) is 0 Å². The van der Waals surface area contributed by atoms with E-state index in [2.05, 4.69) is 0 Å². The lowest BCUT2D eigenvalue weighted by atomic mass is 9.82. The van der Waals surface area contributed by atoms with E-state index < -0.39 is 0 Å². The highest BCUT2D eigenvalue weighted by Crippen LogP contribution is 2.32. The van der Waals surface area contributed by atoms with E-state index in [1.807, 2.05) is 13.0 Å². The number of nitrogens with two attached hydrogens (primary N) is 1. The maximum atomic E-state index is 12.5. The van der Waals surface area contributed by atoms with Gasteiger partial charge in [-0.15, -0.1) is 0 Å². The van der Waals surface area contributed by atoms with Gasteiger partial charge in [0.25, 0.3) is 0 Å². The Kier molecular flexibility index (Phi) is 2.49. The minimum absolute atomic E-state index is 0.125. The summed E-state index contributed by atoms with van der Waals surface area (Å²) in [4.78, 5) is 24.9. The lowest BCUT2D eigenvalue weighted by Crippen LogP contribution is -2.22. The fraction of sp³-hybridized carbons (Fsp3) is 0.125. The van der Waals surface area contributed by atoms with Gasteiger partial charge >= 0.3 is 0 Å². The average Bonchev–Trinajstić information content (AvgIpc) is 2.44. The molecule has 0 aromatic heterocycles. The SMILES string of the molecule is CCc1ccc2c(c1N)C(=O)c1ccccc1C2=O. The molecule has 2 N–H and O–H groups in total. The van der Waals surface area contributed by atoms with Crippen molar-refractivity contribution in [2.75, 3.05) is 5.73 Å². The minimum Gasteiger partial charge on any atom is -0.398 e. The molecule has 0 saturated heterocycles. The van der Waals surface area contributed by atoms with Crippen LogP contribution in [-0.2, 0) is 6.42 Å². The number of nitrogen functional groups attached to an aromatic ring is 1. The van der Waals surface area contributed by atoms with Gasteiger partial charge in [0, 0.05) is 22.4 Å². The maximum absolute atomic E-state index is 12.5. The van der Waals surface area contributed by atoms with Gasteiger partial charge in [0.05, 0.1) is 5.56 Å². The van der Waals surface area contributed by atoms with Crippen LogP contribution in [0.4, 0.5) is 5.69 Å². The normalized spacial score (nSPS) is 13.1. The molecule has 0 radical (unpaired) electrons. The Morgan fingerprint density at radius 3 is 2.16 bits per heavy atom. The highest BCUT2D eigenvalue weighted by molar-refractivity contribution is 6.30. The van der Waals surface area contributed by atoms with Gasteiger partial charge in [-0.1, -0.05) is 37.3 Å². The number of carbonyl (C=O) groups is 2. The largest absolute Gasteiger partial charge is 0.398 e. The molecule has 0 amide bonds. The van der Waals surface area contributed by atoms with Gasteiger partial charge < -0.3 is 5.73 Å². The lowest BCUT2D eigenvalue weighted by molar-refractivity contribution is 0.0979. The molecule has 0 fully saturated rings. The minimum atomic E-state index is -0.155. The van der Waals surface area contributed by atoms with Crippen molar-refractivity contribution < 1.29 is 9.59 Å². The summed E-state index contributed by atoms with van der Waals surface area (Å²) in [6.45, 7) is 1.97. The van der Waals surface area contributed by atoms with Gasteiger partial charge in [0.1, 0.15) is 0 Å². The van der Waals surface area contributed by atoms with Crippen molar-refractivity contribution in [3.05, 3.63) is 64.2 Å². The Balaban J connectivity index is 2.33. The molecule has 0 bridgehead atoms. The van der Waals surface area contributed by atoms with Gasteiger partial charge in [-0.05, 0) is 18.1 Å². The topological polar surface area (TPSA) is 60.2 Å². The van der Waals surface area contributed by atoms with Crippen molar-refractivity contribution in [1.82, 2.24) is 0 Å². The molecular weight excluding hydrogens is 238 g/mol. The molecule has 0 heterocycles. The van der Waals surface area contributed by atoms with E-state index in [0.717, 1.165) is 12.0 Å².